The molecule has 0 saturated carbocycles. The summed E-state index contributed by atoms with van der Waals surface area (Å²) in [5.41, 5.74) is 0. The third-order valence-electron chi connectivity index (χ3n) is 2.28. The van der Waals surface area contributed by atoms with Gasteiger partial charge in [0.05, 0.1) is 6.73 Å². The second kappa shape index (κ2) is 6.77. The Balaban J connectivity index is 2.79. The van der Waals surface area contributed by atoms with Gasteiger partial charge in [0.1, 0.15) is 0 Å². The molecular formula is C11H19NO3Si. The highest BCUT2D eigenvalue weighted by Crippen LogP contribution is 2.07. The van der Waals surface area contributed by atoms with Gasteiger partial charge in [-0.25, -0.2) is 0 Å². The van der Waals surface area contributed by atoms with Crippen molar-refractivity contribution in [2.45, 2.75) is 6.92 Å². The Labute approximate surface area is 97.9 Å². The first-order valence-corrected chi connectivity index (χ1v) is 7.02. The molecule has 16 heavy (non-hydrogen) atoms. The van der Waals surface area contributed by atoms with E-state index in [4.69, 9.17) is 13.3 Å². The minimum Gasteiger partial charge on any atom is -0.373 e. The quantitative estimate of drug-likeness (QED) is 0.433. The smallest absolute Gasteiger partial charge is 0.373 e. The second-order valence-electron chi connectivity index (χ2n) is 3.22. The SMILES string of the molecule is CCNCO[Si](OC)(OC)c1ccccc1. The summed E-state index contributed by atoms with van der Waals surface area (Å²) in [4.78, 5) is 0. The molecule has 90 valence electrons. The van der Waals surface area contributed by atoms with Crippen LogP contribution in [0.2, 0.25) is 0 Å². The third-order valence-corrected chi connectivity index (χ3v) is 4.92. The summed E-state index contributed by atoms with van der Waals surface area (Å²) in [6.45, 7) is 3.31. The van der Waals surface area contributed by atoms with E-state index >= 15 is 0 Å². The topological polar surface area (TPSA) is 39.7 Å². The highest BCUT2D eigenvalue weighted by molar-refractivity contribution is 6.75. The molecule has 0 bridgehead atoms. The van der Waals surface area contributed by atoms with Crippen molar-refractivity contribution in [2.75, 3.05) is 27.5 Å². The summed E-state index contributed by atoms with van der Waals surface area (Å²) in [7, 11) is 0.520. The van der Waals surface area contributed by atoms with Crippen molar-refractivity contribution in [1.82, 2.24) is 5.32 Å². The van der Waals surface area contributed by atoms with E-state index in [-0.39, 0.29) is 0 Å². The Morgan fingerprint density at radius 1 is 1.12 bits per heavy atom. The lowest BCUT2D eigenvalue weighted by Gasteiger charge is -2.26. The van der Waals surface area contributed by atoms with Gasteiger partial charge in [0.2, 0.25) is 0 Å². The van der Waals surface area contributed by atoms with E-state index in [0.717, 1.165) is 11.7 Å². The zero-order valence-corrected chi connectivity index (χ0v) is 11.0. The number of nitrogens with one attached hydrogen (secondary N) is 1. The van der Waals surface area contributed by atoms with Crippen molar-refractivity contribution >= 4 is 14.0 Å². The zero-order chi connectivity index (χ0) is 11.9. The largest absolute Gasteiger partial charge is 0.537 e. The Kier molecular flexibility index (Phi) is 5.65. The third kappa shape index (κ3) is 3.13. The van der Waals surface area contributed by atoms with E-state index in [1.165, 1.54) is 0 Å². The van der Waals surface area contributed by atoms with Gasteiger partial charge in [-0.3, -0.25) is 5.32 Å². The molecule has 1 aromatic carbocycles. The van der Waals surface area contributed by atoms with E-state index in [1.807, 2.05) is 37.3 Å². The molecule has 0 aliphatic rings. The van der Waals surface area contributed by atoms with Crippen LogP contribution in [0, 0.1) is 0 Å². The summed E-state index contributed by atoms with van der Waals surface area (Å²) < 4.78 is 16.7. The van der Waals surface area contributed by atoms with Crippen LogP contribution in [0.15, 0.2) is 30.3 Å². The van der Waals surface area contributed by atoms with Gasteiger partial charge in [0.15, 0.2) is 0 Å². The van der Waals surface area contributed by atoms with Gasteiger partial charge in [-0.2, -0.15) is 0 Å². The number of hydrogen-bond acceptors (Lipinski definition) is 4. The Hall–Kier alpha value is -0.723. The van der Waals surface area contributed by atoms with E-state index in [2.05, 4.69) is 5.32 Å². The van der Waals surface area contributed by atoms with Gasteiger partial charge in [-0.1, -0.05) is 37.3 Å². The van der Waals surface area contributed by atoms with Gasteiger partial charge in [-0.15, -0.1) is 0 Å². The van der Waals surface area contributed by atoms with E-state index in [1.54, 1.807) is 14.2 Å². The molecule has 0 radical (unpaired) electrons. The molecule has 0 aromatic heterocycles. The minimum absolute atomic E-state index is 0.430. The first kappa shape index (κ1) is 13.3. The molecular weight excluding hydrogens is 222 g/mol. The Morgan fingerprint density at radius 3 is 2.25 bits per heavy atom. The fraction of sp³-hybridized carbons (Fsp3) is 0.455. The van der Waals surface area contributed by atoms with Crippen LogP contribution in [0.25, 0.3) is 0 Å². The molecule has 0 aliphatic heterocycles. The lowest BCUT2D eigenvalue weighted by Crippen LogP contribution is -2.56. The van der Waals surface area contributed by atoms with Crippen molar-refractivity contribution in [3.05, 3.63) is 30.3 Å². The molecule has 4 nitrogen and oxygen atoms in total. The molecule has 5 heteroatoms. The van der Waals surface area contributed by atoms with Crippen LogP contribution in [0.1, 0.15) is 6.92 Å². The monoisotopic (exact) mass is 241 g/mol. The van der Waals surface area contributed by atoms with Crippen LogP contribution >= 0.6 is 0 Å². The lowest BCUT2D eigenvalue weighted by molar-refractivity contribution is 0.106. The van der Waals surface area contributed by atoms with Gasteiger partial charge in [-0.05, 0) is 6.54 Å². The Morgan fingerprint density at radius 2 is 1.75 bits per heavy atom. The molecule has 1 N–H and O–H groups in total. The molecule has 0 atom stereocenters. The van der Waals surface area contributed by atoms with Crippen LogP contribution in [0.3, 0.4) is 0 Å². The van der Waals surface area contributed by atoms with Gasteiger partial charge >= 0.3 is 8.80 Å². The summed E-state index contributed by atoms with van der Waals surface area (Å²) in [6, 6.07) is 9.78. The molecule has 0 amide bonds. The van der Waals surface area contributed by atoms with E-state index in [0.29, 0.717) is 6.73 Å². The van der Waals surface area contributed by atoms with Crippen LogP contribution in [-0.4, -0.2) is 36.3 Å². The van der Waals surface area contributed by atoms with Gasteiger partial charge in [0, 0.05) is 19.4 Å². The van der Waals surface area contributed by atoms with Crippen LogP contribution in [0.4, 0.5) is 0 Å². The minimum atomic E-state index is -2.72. The van der Waals surface area contributed by atoms with Crippen molar-refractivity contribution in [1.29, 1.82) is 0 Å². The molecule has 0 saturated heterocycles. The van der Waals surface area contributed by atoms with Gasteiger partial charge in [0.25, 0.3) is 0 Å². The number of rotatable bonds is 7. The molecule has 1 aromatic rings. The first-order chi connectivity index (χ1) is 7.79. The molecule has 1 rings (SSSR count). The van der Waals surface area contributed by atoms with Crippen molar-refractivity contribution in [2.24, 2.45) is 0 Å². The average Bonchev–Trinajstić information content (AvgIpc) is 2.36. The number of hydrogen-bond donors (Lipinski definition) is 1. The zero-order valence-electron chi connectivity index (χ0n) is 10.0. The molecule has 0 aliphatic carbocycles. The maximum absolute atomic E-state index is 5.74. The molecule has 0 heterocycles. The molecule has 0 spiro atoms. The van der Waals surface area contributed by atoms with Crippen LogP contribution in [-0.2, 0) is 13.3 Å². The Bertz CT molecular complexity index is 291. The van der Waals surface area contributed by atoms with Crippen molar-refractivity contribution in [3.8, 4) is 0 Å². The van der Waals surface area contributed by atoms with Gasteiger partial charge < -0.3 is 13.3 Å². The van der Waals surface area contributed by atoms with Crippen molar-refractivity contribution in [3.63, 3.8) is 0 Å². The normalized spacial score (nSPS) is 11.7. The first-order valence-electron chi connectivity index (χ1n) is 5.29. The van der Waals surface area contributed by atoms with E-state index in [9.17, 15) is 0 Å². The predicted octanol–water partition coefficient (Wildman–Crippen LogP) is 0.709. The number of benzene rings is 1. The summed E-state index contributed by atoms with van der Waals surface area (Å²) >= 11 is 0. The molecule has 0 fully saturated rings. The van der Waals surface area contributed by atoms with Crippen molar-refractivity contribution < 1.29 is 13.3 Å². The summed E-state index contributed by atoms with van der Waals surface area (Å²) in [5.74, 6) is 0. The maximum atomic E-state index is 5.74. The lowest BCUT2D eigenvalue weighted by atomic mass is 10.4. The average molecular weight is 241 g/mol. The fourth-order valence-electron chi connectivity index (χ4n) is 1.41. The maximum Gasteiger partial charge on any atom is 0.537 e. The fourth-order valence-corrected chi connectivity index (χ4v) is 3.34. The van der Waals surface area contributed by atoms with Crippen LogP contribution < -0.4 is 10.5 Å². The highest BCUT2D eigenvalue weighted by Gasteiger charge is 2.41. The van der Waals surface area contributed by atoms with E-state index < -0.39 is 8.80 Å². The summed E-state index contributed by atoms with van der Waals surface area (Å²) in [6.07, 6.45) is 0. The highest BCUT2D eigenvalue weighted by atomic mass is 28.4. The molecule has 0 unspecified atom stereocenters. The standard InChI is InChI=1S/C11H19NO3Si/c1-4-12-10-15-16(13-2,14-3)11-8-6-5-7-9-11/h5-9,12H,4,10H2,1-3H3. The second-order valence-corrected chi connectivity index (χ2v) is 6.02. The predicted molar refractivity (Wildman–Crippen MR) is 65.5 cm³/mol. The van der Waals surface area contributed by atoms with Crippen LogP contribution in [0.5, 0.6) is 0 Å². The summed E-state index contributed by atoms with van der Waals surface area (Å²) in [5, 5.41) is 4.06.